The molecular weight excluding hydrogens is 274 g/mol. The molecule has 0 saturated carbocycles. The zero-order valence-corrected chi connectivity index (χ0v) is 13.7. The van der Waals surface area contributed by atoms with Gasteiger partial charge in [0.15, 0.2) is 0 Å². The third kappa shape index (κ3) is 5.31. The summed E-state index contributed by atoms with van der Waals surface area (Å²) >= 11 is 6.24. The molecule has 1 unspecified atom stereocenters. The Kier molecular flexibility index (Phi) is 6.80. The van der Waals surface area contributed by atoms with Crippen LogP contribution in [0.3, 0.4) is 0 Å². The second-order valence-corrected chi connectivity index (χ2v) is 6.07. The van der Waals surface area contributed by atoms with E-state index < -0.39 is 0 Å². The molecule has 20 heavy (non-hydrogen) atoms. The molecule has 0 spiro atoms. The lowest BCUT2D eigenvalue weighted by atomic mass is 10.0. The minimum absolute atomic E-state index is 0.131. The molecule has 0 saturated heterocycles. The number of hydrogen-bond acceptors (Lipinski definition) is 3. The molecule has 0 aliphatic carbocycles. The first-order valence-corrected chi connectivity index (χ1v) is 7.48. The van der Waals surface area contributed by atoms with Crippen molar-refractivity contribution in [1.29, 1.82) is 0 Å². The molecule has 4 heteroatoms. The smallest absolute Gasteiger partial charge is 0.141 e. The second kappa shape index (κ2) is 7.87. The van der Waals surface area contributed by atoms with E-state index in [0.717, 1.165) is 30.6 Å². The van der Waals surface area contributed by atoms with Gasteiger partial charge in [-0.2, -0.15) is 0 Å². The largest absolute Gasteiger partial charge is 0.492 e. The molecule has 0 aliphatic heterocycles. The highest BCUT2D eigenvalue weighted by atomic mass is 35.5. The van der Waals surface area contributed by atoms with E-state index in [4.69, 9.17) is 26.8 Å². The predicted molar refractivity (Wildman–Crippen MR) is 84.6 cm³/mol. The lowest BCUT2D eigenvalue weighted by Crippen LogP contribution is -2.25. The van der Waals surface area contributed by atoms with Gasteiger partial charge >= 0.3 is 0 Å². The molecule has 0 bridgehead atoms. The SMILES string of the molecule is CCC(N)Cc1cccc(Cl)c1OCCC(C)(C)OC. The lowest BCUT2D eigenvalue weighted by molar-refractivity contribution is 0.00537. The van der Waals surface area contributed by atoms with E-state index >= 15 is 0 Å². The van der Waals surface area contributed by atoms with Crippen LogP contribution in [-0.4, -0.2) is 25.4 Å². The van der Waals surface area contributed by atoms with E-state index in [1.54, 1.807) is 7.11 Å². The minimum atomic E-state index is -0.193. The maximum Gasteiger partial charge on any atom is 0.141 e. The minimum Gasteiger partial charge on any atom is -0.492 e. The van der Waals surface area contributed by atoms with Crippen LogP contribution >= 0.6 is 11.6 Å². The molecule has 0 radical (unpaired) electrons. The molecule has 0 heterocycles. The fourth-order valence-electron chi connectivity index (χ4n) is 1.80. The van der Waals surface area contributed by atoms with Crippen molar-refractivity contribution in [3.63, 3.8) is 0 Å². The summed E-state index contributed by atoms with van der Waals surface area (Å²) in [4.78, 5) is 0. The van der Waals surface area contributed by atoms with E-state index in [2.05, 4.69) is 6.92 Å². The molecule has 0 aliphatic rings. The number of ether oxygens (including phenoxy) is 2. The van der Waals surface area contributed by atoms with Crippen molar-refractivity contribution >= 4 is 11.6 Å². The van der Waals surface area contributed by atoms with Gasteiger partial charge in [0, 0.05) is 19.6 Å². The normalized spacial score (nSPS) is 13.3. The number of hydrogen-bond donors (Lipinski definition) is 1. The van der Waals surface area contributed by atoms with Crippen LogP contribution in [0.5, 0.6) is 5.75 Å². The Bertz CT molecular complexity index is 421. The molecule has 0 amide bonds. The Labute approximate surface area is 127 Å². The predicted octanol–water partition coefficient (Wildman–Crippen LogP) is 3.81. The second-order valence-electron chi connectivity index (χ2n) is 5.66. The average Bonchev–Trinajstić information content (AvgIpc) is 2.41. The quantitative estimate of drug-likeness (QED) is 0.794. The summed E-state index contributed by atoms with van der Waals surface area (Å²) in [7, 11) is 1.71. The summed E-state index contributed by atoms with van der Waals surface area (Å²) in [5.74, 6) is 0.755. The van der Waals surface area contributed by atoms with Crippen LogP contribution in [-0.2, 0) is 11.2 Å². The molecule has 2 N–H and O–H groups in total. The van der Waals surface area contributed by atoms with Crippen LogP contribution in [0.25, 0.3) is 0 Å². The molecule has 0 aromatic heterocycles. The average molecular weight is 300 g/mol. The van der Waals surface area contributed by atoms with Crippen molar-refractivity contribution in [2.75, 3.05) is 13.7 Å². The van der Waals surface area contributed by atoms with Crippen molar-refractivity contribution in [1.82, 2.24) is 0 Å². The standard InChI is InChI=1S/C16H26ClNO2/c1-5-13(18)11-12-7-6-8-14(17)15(12)20-10-9-16(2,3)19-4/h6-8,13H,5,9-11,18H2,1-4H3. The van der Waals surface area contributed by atoms with E-state index in [9.17, 15) is 0 Å². The number of benzene rings is 1. The van der Waals surface area contributed by atoms with Crippen LogP contribution in [0.1, 0.15) is 39.2 Å². The fraction of sp³-hybridized carbons (Fsp3) is 0.625. The van der Waals surface area contributed by atoms with E-state index in [0.29, 0.717) is 11.6 Å². The summed E-state index contributed by atoms with van der Waals surface area (Å²) in [5, 5.41) is 0.640. The first-order valence-electron chi connectivity index (χ1n) is 7.10. The first-order chi connectivity index (χ1) is 9.39. The summed E-state index contributed by atoms with van der Waals surface area (Å²) < 4.78 is 11.3. The van der Waals surface area contributed by atoms with Crippen molar-refractivity contribution in [3.05, 3.63) is 28.8 Å². The van der Waals surface area contributed by atoms with Gasteiger partial charge in [0.05, 0.1) is 17.2 Å². The Hall–Kier alpha value is -0.770. The number of rotatable bonds is 8. The van der Waals surface area contributed by atoms with Gasteiger partial charge in [-0.1, -0.05) is 30.7 Å². The Morgan fingerprint density at radius 1 is 1.35 bits per heavy atom. The summed E-state index contributed by atoms with van der Waals surface area (Å²) in [6, 6.07) is 5.94. The van der Waals surface area contributed by atoms with Gasteiger partial charge in [-0.05, 0) is 38.3 Å². The van der Waals surface area contributed by atoms with Gasteiger partial charge in [-0.15, -0.1) is 0 Å². The van der Waals surface area contributed by atoms with E-state index in [1.807, 2.05) is 32.0 Å². The Balaban J connectivity index is 2.73. The van der Waals surface area contributed by atoms with Crippen molar-refractivity contribution in [3.8, 4) is 5.75 Å². The molecule has 114 valence electrons. The molecule has 3 nitrogen and oxygen atoms in total. The van der Waals surface area contributed by atoms with Gasteiger partial charge in [0.1, 0.15) is 5.75 Å². The van der Waals surface area contributed by atoms with Gasteiger partial charge in [0.2, 0.25) is 0 Å². The topological polar surface area (TPSA) is 44.5 Å². The molecule has 1 aromatic carbocycles. The van der Waals surface area contributed by atoms with Crippen molar-refractivity contribution in [2.24, 2.45) is 5.73 Å². The lowest BCUT2D eigenvalue weighted by Gasteiger charge is -2.23. The highest BCUT2D eigenvalue weighted by Crippen LogP contribution is 2.30. The van der Waals surface area contributed by atoms with E-state index in [1.165, 1.54) is 0 Å². The Morgan fingerprint density at radius 3 is 2.65 bits per heavy atom. The summed E-state index contributed by atoms with van der Waals surface area (Å²) in [5.41, 5.74) is 6.90. The van der Waals surface area contributed by atoms with Gasteiger partial charge in [-0.25, -0.2) is 0 Å². The highest BCUT2D eigenvalue weighted by Gasteiger charge is 2.17. The molecule has 1 aromatic rings. The maximum atomic E-state index is 6.24. The van der Waals surface area contributed by atoms with E-state index in [-0.39, 0.29) is 11.6 Å². The molecule has 1 rings (SSSR count). The molecule has 1 atom stereocenters. The number of halogens is 1. The molecular formula is C16H26ClNO2. The Morgan fingerprint density at radius 2 is 2.05 bits per heavy atom. The van der Waals surface area contributed by atoms with Crippen molar-refractivity contribution < 1.29 is 9.47 Å². The third-order valence-electron chi connectivity index (χ3n) is 3.56. The zero-order chi connectivity index (χ0) is 15.2. The number of methoxy groups -OCH3 is 1. The van der Waals surface area contributed by atoms with Crippen molar-refractivity contribution in [2.45, 2.75) is 51.7 Å². The first kappa shape index (κ1) is 17.3. The van der Waals surface area contributed by atoms with Crippen LogP contribution in [0.4, 0.5) is 0 Å². The summed E-state index contributed by atoms with van der Waals surface area (Å²) in [6.07, 6.45) is 2.51. The van der Waals surface area contributed by atoms with Crippen LogP contribution in [0.15, 0.2) is 18.2 Å². The third-order valence-corrected chi connectivity index (χ3v) is 3.86. The van der Waals surface area contributed by atoms with Gasteiger partial charge < -0.3 is 15.2 Å². The van der Waals surface area contributed by atoms with Gasteiger partial charge in [-0.3, -0.25) is 0 Å². The molecule has 0 fully saturated rings. The number of para-hydroxylation sites is 1. The summed E-state index contributed by atoms with van der Waals surface area (Å²) in [6.45, 7) is 6.73. The maximum absolute atomic E-state index is 6.24. The monoisotopic (exact) mass is 299 g/mol. The van der Waals surface area contributed by atoms with Crippen LogP contribution in [0.2, 0.25) is 5.02 Å². The van der Waals surface area contributed by atoms with Gasteiger partial charge in [0.25, 0.3) is 0 Å². The van der Waals surface area contributed by atoms with Crippen LogP contribution < -0.4 is 10.5 Å². The van der Waals surface area contributed by atoms with Crippen LogP contribution in [0, 0.1) is 0 Å². The fourth-order valence-corrected chi connectivity index (χ4v) is 2.05. The highest BCUT2D eigenvalue weighted by molar-refractivity contribution is 6.32. The zero-order valence-electron chi connectivity index (χ0n) is 12.9. The number of nitrogens with two attached hydrogens (primary N) is 1.